The van der Waals surface area contributed by atoms with Crippen molar-refractivity contribution in [3.8, 4) is 5.75 Å². The summed E-state index contributed by atoms with van der Waals surface area (Å²) in [5.41, 5.74) is -0.202. The summed E-state index contributed by atoms with van der Waals surface area (Å²) in [5, 5.41) is 17.3. The molecule has 7 nitrogen and oxygen atoms in total. The zero-order valence-electron chi connectivity index (χ0n) is 13.1. The summed E-state index contributed by atoms with van der Waals surface area (Å²) in [7, 11) is 0. The summed E-state index contributed by atoms with van der Waals surface area (Å²) >= 11 is 5.73. The first-order valence-electron chi connectivity index (χ1n) is 7.60. The lowest BCUT2D eigenvalue weighted by Gasteiger charge is -2.10. The van der Waals surface area contributed by atoms with E-state index in [0.717, 1.165) is 25.9 Å². The molecule has 1 fully saturated rings. The maximum absolute atomic E-state index is 11.7. The zero-order chi connectivity index (χ0) is 16.7. The number of nitro benzene ring substituents is 1. The molecule has 1 saturated heterocycles. The van der Waals surface area contributed by atoms with Crippen molar-refractivity contribution in [2.45, 2.75) is 19.3 Å². The first kappa shape index (κ1) is 20.5. The monoisotopic (exact) mass is 377 g/mol. The molecule has 1 atom stereocenters. The molecule has 1 aliphatic heterocycles. The fourth-order valence-corrected chi connectivity index (χ4v) is 2.64. The average molecular weight is 378 g/mol. The Labute approximate surface area is 151 Å². The van der Waals surface area contributed by atoms with Crippen LogP contribution in [-0.4, -0.2) is 37.1 Å². The molecular weight excluding hydrogens is 357 g/mol. The van der Waals surface area contributed by atoms with Crippen LogP contribution in [0.25, 0.3) is 0 Å². The molecule has 1 heterocycles. The van der Waals surface area contributed by atoms with Crippen LogP contribution in [0, 0.1) is 16.0 Å². The minimum absolute atomic E-state index is 0. The van der Waals surface area contributed by atoms with E-state index in [2.05, 4.69) is 10.6 Å². The van der Waals surface area contributed by atoms with Crippen LogP contribution in [0.15, 0.2) is 18.2 Å². The van der Waals surface area contributed by atoms with Gasteiger partial charge in [-0.25, -0.2) is 0 Å². The van der Waals surface area contributed by atoms with Crippen LogP contribution in [0.1, 0.15) is 19.3 Å². The minimum Gasteiger partial charge on any atom is -0.486 e. The molecule has 24 heavy (non-hydrogen) atoms. The van der Waals surface area contributed by atoms with Crippen molar-refractivity contribution in [1.29, 1.82) is 0 Å². The molecule has 0 bridgehead atoms. The van der Waals surface area contributed by atoms with Gasteiger partial charge < -0.3 is 15.4 Å². The Morgan fingerprint density at radius 1 is 1.50 bits per heavy atom. The third kappa shape index (κ3) is 6.51. The molecule has 0 radical (unpaired) electrons. The summed E-state index contributed by atoms with van der Waals surface area (Å²) < 4.78 is 5.33. The molecule has 1 aromatic carbocycles. The summed E-state index contributed by atoms with van der Waals surface area (Å²) in [4.78, 5) is 22.1. The molecule has 2 rings (SSSR count). The van der Waals surface area contributed by atoms with E-state index in [1.807, 2.05) is 0 Å². The number of carbonyl (C=O) groups excluding carboxylic acids is 1. The van der Waals surface area contributed by atoms with E-state index >= 15 is 0 Å². The van der Waals surface area contributed by atoms with Crippen LogP contribution in [0.2, 0.25) is 5.02 Å². The number of nitrogens with zero attached hydrogens (tertiary/aromatic N) is 1. The van der Waals surface area contributed by atoms with Gasteiger partial charge in [-0.2, -0.15) is 0 Å². The Morgan fingerprint density at radius 2 is 2.29 bits per heavy atom. The number of nitrogens with one attached hydrogen (secondary N) is 2. The van der Waals surface area contributed by atoms with Crippen LogP contribution >= 0.6 is 24.0 Å². The van der Waals surface area contributed by atoms with Crippen LogP contribution in [-0.2, 0) is 4.79 Å². The summed E-state index contributed by atoms with van der Waals surface area (Å²) in [6.07, 6.45) is 2.27. The van der Waals surface area contributed by atoms with Gasteiger partial charge in [0, 0.05) is 17.6 Å². The highest BCUT2D eigenvalue weighted by Gasteiger charge is 2.16. The van der Waals surface area contributed by atoms with Crippen molar-refractivity contribution in [3.63, 3.8) is 0 Å². The van der Waals surface area contributed by atoms with Gasteiger partial charge in [-0.1, -0.05) is 11.6 Å². The van der Waals surface area contributed by atoms with Crippen molar-refractivity contribution >= 4 is 35.6 Å². The minimum atomic E-state index is -0.559. The predicted molar refractivity (Wildman–Crippen MR) is 94.1 cm³/mol. The third-order valence-corrected chi connectivity index (χ3v) is 3.98. The largest absolute Gasteiger partial charge is 0.486 e. The second-order valence-corrected chi connectivity index (χ2v) is 5.90. The smallest absolute Gasteiger partial charge is 0.312 e. The Hall–Kier alpha value is -1.57. The molecule has 1 aromatic rings. The van der Waals surface area contributed by atoms with E-state index in [0.29, 0.717) is 12.5 Å². The van der Waals surface area contributed by atoms with Crippen LogP contribution < -0.4 is 15.4 Å². The summed E-state index contributed by atoms with van der Waals surface area (Å²) in [6.45, 7) is 2.79. The number of hydrogen-bond acceptors (Lipinski definition) is 5. The maximum atomic E-state index is 11.7. The SMILES string of the molecule is Cl.O=C(CCOc1ccc(Cl)cc1[N+](=O)[O-])NCCC1CCNC1. The molecule has 2 N–H and O–H groups in total. The Kier molecular flexibility index (Phi) is 8.81. The zero-order valence-corrected chi connectivity index (χ0v) is 14.7. The summed E-state index contributed by atoms with van der Waals surface area (Å²) in [6, 6.07) is 4.18. The van der Waals surface area contributed by atoms with E-state index in [1.54, 1.807) is 0 Å². The maximum Gasteiger partial charge on any atom is 0.312 e. The first-order valence-corrected chi connectivity index (χ1v) is 7.98. The number of hydrogen-bond donors (Lipinski definition) is 2. The van der Waals surface area contributed by atoms with Crippen LogP contribution in [0.3, 0.4) is 0 Å². The van der Waals surface area contributed by atoms with Crippen molar-refractivity contribution in [1.82, 2.24) is 10.6 Å². The number of amides is 1. The number of nitro groups is 1. The van der Waals surface area contributed by atoms with Gasteiger partial charge in [0.1, 0.15) is 0 Å². The lowest BCUT2D eigenvalue weighted by molar-refractivity contribution is -0.385. The van der Waals surface area contributed by atoms with Crippen molar-refractivity contribution in [2.75, 3.05) is 26.2 Å². The Bertz CT molecular complexity index is 566. The highest BCUT2D eigenvalue weighted by molar-refractivity contribution is 6.30. The number of ether oxygens (including phenoxy) is 1. The van der Waals surface area contributed by atoms with Gasteiger partial charge in [0.2, 0.25) is 5.91 Å². The lowest BCUT2D eigenvalue weighted by atomic mass is 10.1. The standard InChI is InChI=1S/C15H20ClN3O4.ClH/c16-12-1-2-14(13(9-12)19(21)22)23-8-5-15(20)18-7-4-11-3-6-17-10-11;/h1-2,9,11,17H,3-8,10H2,(H,18,20);1H. The Balaban J connectivity index is 0.00000288. The molecular formula is C15H21Cl2N3O4. The van der Waals surface area contributed by atoms with Crippen molar-refractivity contribution in [3.05, 3.63) is 33.3 Å². The van der Waals surface area contributed by atoms with E-state index in [4.69, 9.17) is 16.3 Å². The van der Waals surface area contributed by atoms with E-state index in [9.17, 15) is 14.9 Å². The fraction of sp³-hybridized carbons (Fsp3) is 0.533. The van der Waals surface area contributed by atoms with E-state index < -0.39 is 4.92 Å². The van der Waals surface area contributed by atoms with Gasteiger partial charge in [0.05, 0.1) is 18.0 Å². The number of halogens is 2. The van der Waals surface area contributed by atoms with Gasteiger partial charge in [-0.05, 0) is 44.0 Å². The molecule has 0 spiro atoms. The van der Waals surface area contributed by atoms with E-state index in [-0.39, 0.29) is 47.8 Å². The highest BCUT2D eigenvalue weighted by atomic mass is 35.5. The molecule has 9 heteroatoms. The lowest BCUT2D eigenvalue weighted by Crippen LogP contribution is -2.27. The second kappa shape index (κ2) is 10.3. The van der Waals surface area contributed by atoms with Gasteiger partial charge >= 0.3 is 5.69 Å². The molecule has 1 amide bonds. The van der Waals surface area contributed by atoms with Crippen molar-refractivity contribution < 1.29 is 14.5 Å². The third-order valence-electron chi connectivity index (χ3n) is 3.74. The average Bonchev–Trinajstić information content (AvgIpc) is 3.02. The highest BCUT2D eigenvalue weighted by Crippen LogP contribution is 2.29. The topological polar surface area (TPSA) is 93.5 Å². The number of benzene rings is 1. The molecule has 1 aliphatic rings. The predicted octanol–water partition coefficient (Wildman–Crippen LogP) is 2.55. The number of rotatable bonds is 8. The van der Waals surface area contributed by atoms with Gasteiger partial charge in [-0.15, -0.1) is 12.4 Å². The number of carbonyl (C=O) groups is 1. The van der Waals surface area contributed by atoms with Crippen LogP contribution in [0.4, 0.5) is 5.69 Å². The normalized spacial score (nSPS) is 16.3. The molecule has 134 valence electrons. The van der Waals surface area contributed by atoms with E-state index in [1.165, 1.54) is 18.2 Å². The molecule has 0 aromatic heterocycles. The summed E-state index contributed by atoms with van der Waals surface area (Å²) in [5.74, 6) is 0.625. The molecule has 1 unspecified atom stereocenters. The van der Waals surface area contributed by atoms with Crippen molar-refractivity contribution in [2.24, 2.45) is 5.92 Å². The first-order chi connectivity index (χ1) is 11.1. The van der Waals surface area contributed by atoms with Gasteiger partial charge in [-0.3, -0.25) is 14.9 Å². The van der Waals surface area contributed by atoms with Gasteiger partial charge in [0.15, 0.2) is 5.75 Å². The second-order valence-electron chi connectivity index (χ2n) is 5.47. The quantitative estimate of drug-likeness (QED) is 0.536. The van der Waals surface area contributed by atoms with Crippen LogP contribution in [0.5, 0.6) is 5.75 Å². The van der Waals surface area contributed by atoms with Gasteiger partial charge in [0.25, 0.3) is 0 Å². The fourth-order valence-electron chi connectivity index (χ4n) is 2.47. The molecule has 0 saturated carbocycles. The Morgan fingerprint density at radius 3 is 2.96 bits per heavy atom. The molecule has 0 aliphatic carbocycles.